The van der Waals surface area contributed by atoms with Gasteiger partial charge in [-0.05, 0) is 24.3 Å². The molecule has 18 heavy (non-hydrogen) atoms. The van der Waals surface area contributed by atoms with Crippen LogP contribution in [-0.4, -0.2) is 11.7 Å². The lowest BCUT2D eigenvalue weighted by atomic mass is 10.3. The van der Waals surface area contributed by atoms with Crippen LogP contribution in [0.3, 0.4) is 0 Å². The van der Waals surface area contributed by atoms with E-state index < -0.39 is 0 Å². The molecule has 0 heterocycles. The Morgan fingerprint density at radius 1 is 1.06 bits per heavy atom. The summed E-state index contributed by atoms with van der Waals surface area (Å²) in [7, 11) is 0. The molecule has 0 aromatic heterocycles. The van der Waals surface area contributed by atoms with Crippen molar-refractivity contribution in [3.63, 3.8) is 0 Å². The fraction of sp³-hybridized carbons (Fsp3) is 0.0714. The van der Waals surface area contributed by atoms with Crippen molar-refractivity contribution in [2.45, 2.75) is 0 Å². The standard InChI is InChI=1S/C14H13NO2S/c16-14(10-18)15-11-5-4-8-13(9-11)17-12-6-2-1-3-7-12/h1-9,18H,10H2,(H,15,16). The third-order valence-electron chi connectivity index (χ3n) is 2.24. The lowest BCUT2D eigenvalue weighted by Crippen LogP contribution is -2.12. The van der Waals surface area contributed by atoms with E-state index in [1.807, 2.05) is 42.5 Å². The third-order valence-corrected chi connectivity index (χ3v) is 2.53. The molecule has 0 saturated heterocycles. The molecule has 0 saturated carbocycles. The molecule has 0 bridgehead atoms. The number of anilines is 1. The van der Waals surface area contributed by atoms with Crippen LogP contribution in [0.15, 0.2) is 54.6 Å². The van der Waals surface area contributed by atoms with Crippen LogP contribution in [0.1, 0.15) is 0 Å². The van der Waals surface area contributed by atoms with Gasteiger partial charge in [-0.25, -0.2) is 0 Å². The van der Waals surface area contributed by atoms with Crippen LogP contribution in [0.25, 0.3) is 0 Å². The number of rotatable bonds is 4. The number of ether oxygens (including phenoxy) is 1. The van der Waals surface area contributed by atoms with Crippen molar-refractivity contribution < 1.29 is 9.53 Å². The van der Waals surface area contributed by atoms with Gasteiger partial charge in [-0.15, -0.1) is 0 Å². The molecule has 0 aliphatic heterocycles. The van der Waals surface area contributed by atoms with E-state index in [4.69, 9.17) is 4.74 Å². The Morgan fingerprint density at radius 2 is 1.78 bits per heavy atom. The van der Waals surface area contributed by atoms with Crippen molar-refractivity contribution in [2.75, 3.05) is 11.1 Å². The highest BCUT2D eigenvalue weighted by atomic mass is 32.1. The molecule has 0 aliphatic rings. The van der Waals surface area contributed by atoms with Crippen molar-refractivity contribution in [3.8, 4) is 11.5 Å². The monoisotopic (exact) mass is 259 g/mol. The topological polar surface area (TPSA) is 38.3 Å². The molecule has 2 aromatic rings. The van der Waals surface area contributed by atoms with Gasteiger partial charge in [-0.3, -0.25) is 4.79 Å². The van der Waals surface area contributed by atoms with Crippen LogP contribution in [0.2, 0.25) is 0 Å². The Balaban J connectivity index is 2.10. The highest BCUT2D eigenvalue weighted by Crippen LogP contribution is 2.23. The van der Waals surface area contributed by atoms with E-state index in [1.165, 1.54) is 0 Å². The summed E-state index contributed by atoms with van der Waals surface area (Å²) in [6.07, 6.45) is 0. The molecule has 4 heteroatoms. The molecule has 0 fully saturated rings. The molecule has 0 spiro atoms. The molecule has 2 rings (SSSR count). The maximum absolute atomic E-state index is 11.2. The van der Waals surface area contributed by atoms with Crippen LogP contribution >= 0.6 is 12.6 Å². The Labute approximate surface area is 111 Å². The highest BCUT2D eigenvalue weighted by molar-refractivity contribution is 7.81. The van der Waals surface area contributed by atoms with E-state index in [0.717, 1.165) is 5.75 Å². The number of carbonyl (C=O) groups is 1. The smallest absolute Gasteiger partial charge is 0.234 e. The minimum atomic E-state index is -0.143. The number of thiol groups is 1. The molecule has 0 radical (unpaired) electrons. The first-order valence-electron chi connectivity index (χ1n) is 5.51. The van der Waals surface area contributed by atoms with Crippen molar-refractivity contribution in [1.82, 2.24) is 0 Å². The summed E-state index contributed by atoms with van der Waals surface area (Å²) >= 11 is 3.91. The first kappa shape index (κ1) is 12.5. The molecule has 1 N–H and O–H groups in total. The first-order valence-corrected chi connectivity index (χ1v) is 6.15. The van der Waals surface area contributed by atoms with E-state index in [2.05, 4.69) is 17.9 Å². The van der Waals surface area contributed by atoms with Crippen molar-refractivity contribution in [1.29, 1.82) is 0 Å². The van der Waals surface area contributed by atoms with Gasteiger partial charge in [0.05, 0.1) is 5.75 Å². The number of hydrogen-bond acceptors (Lipinski definition) is 3. The van der Waals surface area contributed by atoms with Crippen LogP contribution < -0.4 is 10.1 Å². The van der Waals surface area contributed by atoms with E-state index in [-0.39, 0.29) is 11.7 Å². The number of benzene rings is 2. The SMILES string of the molecule is O=C(CS)Nc1cccc(Oc2ccccc2)c1. The molecule has 92 valence electrons. The second kappa shape index (κ2) is 6.12. The minimum Gasteiger partial charge on any atom is -0.457 e. The van der Waals surface area contributed by atoms with Crippen molar-refractivity contribution >= 4 is 24.2 Å². The second-order valence-electron chi connectivity index (χ2n) is 3.65. The van der Waals surface area contributed by atoms with Gasteiger partial charge in [-0.1, -0.05) is 24.3 Å². The van der Waals surface area contributed by atoms with Gasteiger partial charge < -0.3 is 10.1 Å². The lowest BCUT2D eigenvalue weighted by Gasteiger charge is -2.08. The Kier molecular flexibility index (Phi) is 4.25. The Hall–Kier alpha value is -1.94. The summed E-state index contributed by atoms with van der Waals surface area (Å²) in [4.78, 5) is 11.2. The molecule has 0 atom stereocenters. The fourth-order valence-corrected chi connectivity index (χ4v) is 1.54. The fourth-order valence-electron chi connectivity index (χ4n) is 1.46. The third kappa shape index (κ3) is 3.53. The van der Waals surface area contributed by atoms with E-state index in [1.54, 1.807) is 12.1 Å². The summed E-state index contributed by atoms with van der Waals surface area (Å²) < 4.78 is 5.66. The summed E-state index contributed by atoms with van der Waals surface area (Å²) in [6.45, 7) is 0. The predicted octanol–water partition coefficient (Wildman–Crippen LogP) is 3.35. The van der Waals surface area contributed by atoms with Crippen molar-refractivity contribution in [3.05, 3.63) is 54.6 Å². The normalized spacial score (nSPS) is 9.83. The maximum Gasteiger partial charge on any atom is 0.234 e. The molecule has 2 aromatic carbocycles. The second-order valence-corrected chi connectivity index (χ2v) is 3.97. The van der Waals surface area contributed by atoms with Gasteiger partial charge in [-0.2, -0.15) is 12.6 Å². The summed E-state index contributed by atoms with van der Waals surface area (Å²) in [5, 5.41) is 2.72. The largest absolute Gasteiger partial charge is 0.457 e. The zero-order chi connectivity index (χ0) is 12.8. The summed E-state index contributed by atoms with van der Waals surface area (Å²) in [5.41, 5.74) is 0.697. The molecule has 1 amide bonds. The number of hydrogen-bond donors (Lipinski definition) is 2. The number of para-hydroxylation sites is 1. The number of amides is 1. The molecule has 3 nitrogen and oxygen atoms in total. The number of nitrogens with one attached hydrogen (secondary N) is 1. The minimum absolute atomic E-state index is 0.143. The Bertz CT molecular complexity index is 528. The van der Waals surface area contributed by atoms with Gasteiger partial charge in [0, 0.05) is 11.8 Å². The number of carbonyl (C=O) groups excluding carboxylic acids is 1. The quantitative estimate of drug-likeness (QED) is 0.826. The molecular weight excluding hydrogens is 246 g/mol. The first-order chi connectivity index (χ1) is 8.78. The Morgan fingerprint density at radius 3 is 2.50 bits per heavy atom. The average Bonchev–Trinajstić information content (AvgIpc) is 2.40. The van der Waals surface area contributed by atoms with Gasteiger partial charge in [0.15, 0.2) is 0 Å². The predicted molar refractivity (Wildman–Crippen MR) is 75.4 cm³/mol. The van der Waals surface area contributed by atoms with E-state index >= 15 is 0 Å². The van der Waals surface area contributed by atoms with Crippen LogP contribution in [0.5, 0.6) is 11.5 Å². The average molecular weight is 259 g/mol. The molecule has 0 aliphatic carbocycles. The van der Waals surface area contributed by atoms with E-state index in [9.17, 15) is 4.79 Å². The highest BCUT2D eigenvalue weighted by Gasteiger charge is 2.01. The van der Waals surface area contributed by atoms with Crippen LogP contribution in [0.4, 0.5) is 5.69 Å². The molecule has 0 unspecified atom stereocenters. The van der Waals surface area contributed by atoms with Crippen LogP contribution in [0, 0.1) is 0 Å². The maximum atomic E-state index is 11.2. The van der Waals surface area contributed by atoms with Gasteiger partial charge in [0.25, 0.3) is 0 Å². The summed E-state index contributed by atoms with van der Waals surface area (Å²) in [6, 6.07) is 16.7. The van der Waals surface area contributed by atoms with E-state index in [0.29, 0.717) is 11.4 Å². The van der Waals surface area contributed by atoms with Gasteiger partial charge in [0.2, 0.25) is 5.91 Å². The zero-order valence-electron chi connectivity index (χ0n) is 9.67. The van der Waals surface area contributed by atoms with Gasteiger partial charge in [0.1, 0.15) is 11.5 Å². The van der Waals surface area contributed by atoms with Gasteiger partial charge >= 0.3 is 0 Å². The van der Waals surface area contributed by atoms with Crippen LogP contribution in [-0.2, 0) is 4.79 Å². The lowest BCUT2D eigenvalue weighted by molar-refractivity contribution is -0.113. The zero-order valence-corrected chi connectivity index (χ0v) is 10.6. The molecular formula is C14H13NO2S. The van der Waals surface area contributed by atoms with Crippen molar-refractivity contribution in [2.24, 2.45) is 0 Å². The summed E-state index contributed by atoms with van der Waals surface area (Å²) in [5.74, 6) is 1.45.